The van der Waals surface area contributed by atoms with Crippen LogP contribution in [0.4, 0.5) is 4.39 Å². The minimum atomic E-state index is -0.159. The van der Waals surface area contributed by atoms with E-state index in [4.69, 9.17) is 0 Å². The number of rotatable bonds is 4. The summed E-state index contributed by atoms with van der Waals surface area (Å²) >= 11 is 0. The first-order valence-corrected chi connectivity index (χ1v) is 5.61. The number of benzene rings is 1. The second-order valence-corrected chi connectivity index (χ2v) is 3.95. The summed E-state index contributed by atoms with van der Waals surface area (Å²) in [5, 5.41) is 2.94. The molecule has 0 aliphatic rings. The van der Waals surface area contributed by atoms with Crippen molar-refractivity contribution < 1.29 is 4.39 Å². The summed E-state index contributed by atoms with van der Waals surface area (Å²) in [4.78, 5) is 4.23. The van der Waals surface area contributed by atoms with E-state index < -0.39 is 0 Å². The lowest BCUT2D eigenvalue weighted by atomic mass is 10.1. The van der Waals surface area contributed by atoms with Crippen molar-refractivity contribution in [1.82, 2.24) is 10.3 Å². The molecule has 0 amide bonds. The Labute approximate surface area is 101 Å². The molecule has 0 radical (unpaired) electrons. The molecule has 0 aliphatic carbocycles. The molecular formula is C14H15FN2. The van der Waals surface area contributed by atoms with Crippen molar-refractivity contribution in [3.8, 4) is 0 Å². The molecule has 3 heteroatoms. The van der Waals surface area contributed by atoms with Gasteiger partial charge in [-0.2, -0.15) is 0 Å². The molecule has 0 aliphatic heterocycles. The maximum atomic E-state index is 13.7. The highest BCUT2D eigenvalue weighted by molar-refractivity contribution is 5.27. The standard InChI is InChI=1S/C14H15FN2/c1-16-10-12-6-5-11(9-14(12)15)8-13-4-2-3-7-17-13/h2-7,9,16H,8,10H2,1H3. The van der Waals surface area contributed by atoms with E-state index in [1.54, 1.807) is 19.3 Å². The Morgan fingerprint density at radius 1 is 1.24 bits per heavy atom. The SMILES string of the molecule is CNCc1ccc(Cc2ccccn2)cc1F. The second-order valence-electron chi connectivity index (χ2n) is 3.95. The zero-order chi connectivity index (χ0) is 12.1. The van der Waals surface area contributed by atoms with Gasteiger partial charge in [-0.15, -0.1) is 0 Å². The molecule has 2 nitrogen and oxygen atoms in total. The Morgan fingerprint density at radius 2 is 2.12 bits per heavy atom. The molecule has 88 valence electrons. The number of hydrogen-bond donors (Lipinski definition) is 1. The Balaban J connectivity index is 2.15. The molecule has 0 unspecified atom stereocenters. The maximum absolute atomic E-state index is 13.7. The predicted octanol–water partition coefficient (Wildman–Crippen LogP) is 2.53. The number of hydrogen-bond acceptors (Lipinski definition) is 2. The fourth-order valence-corrected chi connectivity index (χ4v) is 1.75. The summed E-state index contributed by atoms with van der Waals surface area (Å²) < 4.78 is 13.7. The summed E-state index contributed by atoms with van der Waals surface area (Å²) in [6.07, 6.45) is 2.42. The van der Waals surface area contributed by atoms with E-state index >= 15 is 0 Å². The van der Waals surface area contributed by atoms with Crippen LogP contribution in [-0.2, 0) is 13.0 Å². The molecule has 0 fully saturated rings. The second kappa shape index (κ2) is 5.55. The summed E-state index contributed by atoms with van der Waals surface area (Å²) in [7, 11) is 1.81. The fourth-order valence-electron chi connectivity index (χ4n) is 1.75. The first kappa shape index (κ1) is 11.7. The molecule has 0 spiro atoms. The molecular weight excluding hydrogens is 215 g/mol. The van der Waals surface area contributed by atoms with Crippen molar-refractivity contribution in [2.75, 3.05) is 7.05 Å². The zero-order valence-electron chi connectivity index (χ0n) is 9.78. The molecule has 1 aromatic carbocycles. The van der Waals surface area contributed by atoms with E-state index in [0.29, 0.717) is 18.5 Å². The lowest BCUT2D eigenvalue weighted by Gasteiger charge is -2.05. The molecule has 1 aromatic heterocycles. The van der Waals surface area contributed by atoms with Crippen LogP contribution in [0, 0.1) is 5.82 Å². The molecule has 1 heterocycles. The Kier molecular flexibility index (Phi) is 3.83. The van der Waals surface area contributed by atoms with Crippen LogP contribution < -0.4 is 5.32 Å². The molecule has 17 heavy (non-hydrogen) atoms. The van der Waals surface area contributed by atoms with E-state index in [9.17, 15) is 4.39 Å². The van der Waals surface area contributed by atoms with Gasteiger partial charge in [0.1, 0.15) is 5.82 Å². The lowest BCUT2D eigenvalue weighted by Crippen LogP contribution is -2.07. The first-order chi connectivity index (χ1) is 8.29. The van der Waals surface area contributed by atoms with E-state index in [1.165, 1.54) is 0 Å². The summed E-state index contributed by atoms with van der Waals surface area (Å²) in [5.41, 5.74) is 2.59. The van der Waals surface area contributed by atoms with Crippen LogP contribution in [-0.4, -0.2) is 12.0 Å². The summed E-state index contributed by atoms with van der Waals surface area (Å²) in [5.74, 6) is -0.159. The third-order valence-corrected chi connectivity index (χ3v) is 2.60. The first-order valence-electron chi connectivity index (χ1n) is 5.61. The van der Waals surface area contributed by atoms with Crippen LogP contribution in [0.25, 0.3) is 0 Å². The van der Waals surface area contributed by atoms with Crippen LogP contribution in [0.5, 0.6) is 0 Å². The van der Waals surface area contributed by atoms with Crippen molar-refractivity contribution >= 4 is 0 Å². The largest absolute Gasteiger partial charge is 0.316 e. The molecule has 0 bridgehead atoms. The van der Waals surface area contributed by atoms with Crippen LogP contribution in [0.1, 0.15) is 16.8 Å². The third-order valence-electron chi connectivity index (χ3n) is 2.60. The minimum Gasteiger partial charge on any atom is -0.316 e. The molecule has 0 atom stereocenters. The quantitative estimate of drug-likeness (QED) is 0.873. The number of nitrogens with zero attached hydrogens (tertiary/aromatic N) is 1. The normalized spacial score (nSPS) is 10.5. The summed E-state index contributed by atoms with van der Waals surface area (Å²) in [6, 6.07) is 11.1. The van der Waals surface area contributed by atoms with E-state index in [0.717, 1.165) is 11.3 Å². The van der Waals surface area contributed by atoms with Gasteiger partial charge in [-0.1, -0.05) is 18.2 Å². The van der Waals surface area contributed by atoms with Gasteiger partial charge in [0, 0.05) is 30.4 Å². The Morgan fingerprint density at radius 3 is 2.76 bits per heavy atom. The highest BCUT2D eigenvalue weighted by Gasteiger charge is 2.03. The van der Waals surface area contributed by atoms with Crippen molar-refractivity contribution in [1.29, 1.82) is 0 Å². The van der Waals surface area contributed by atoms with Gasteiger partial charge in [-0.3, -0.25) is 4.98 Å². The van der Waals surface area contributed by atoms with Crippen LogP contribution in [0.15, 0.2) is 42.6 Å². The highest BCUT2D eigenvalue weighted by atomic mass is 19.1. The van der Waals surface area contributed by atoms with E-state index in [1.807, 2.05) is 30.3 Å². The van der Waals surface area contributed by atoms with Gasteiger partial charge in [0.25, 0.3) is 0 Å². The lowest BCUT2D eigenvalue weighted by molar-refractivity contribution is 0.599. The molecule has 0 saturated heterocycles. The highest BCUT2D eigenvalue weighted by Crippen LogP contribution is 2.13. The number of aromatic nitrogens is 1. The van der Waals surface area contributed by atoms with Crippen LogP contribution >= 0.6 is 0 Å². The van der Waals surface area contributed by atoms with Crippen molar-refractivity contribution in [2.45, 2.75) is 13.0 Å². The Hall–Kier alpha value is -1.74. The van der Waals surface area contributed by atoms with Gasteiger partial charge in [0.2, 0.25) is 0 Å². The third kappa shape index (κ3) is 3.11. The van der Waals surface area contributed by atoms with E-state index in [2.05, 4.69) is 10.3 Å². The monoisotopic (exact) mass is 230 g/mol. The number of pyridine rings is 1. The van der Waals surface area contributed by atoms with Gasteiger partial charge in [0.05, 0.1) is 0 Å². The molecule has 1 N–H and O–H groups in total. The van der Waals surface area contributed by atoms with Gasteiger partial charge >= 0.3 is 0 Å². The van der Waals surface area contributed by atoms with Gasteiger partial charge in [-0.05, 0) is 30.8 Å². The van der Waals surface area contributed by atoms with Gasteiger partial charge in [0.15, 0.2) is 0 Å². The van der Waals surface area contributed by atoms with Crippen molar-refractivity contribution in [3.63, 3.8) is 0 Å². The maximum Gasteiger partial charge on any atom is 0.127 e. The smallest absolute Gasteiger partial charge is 0.127 e. The van der Waals surface area contributed by atoms with Crippen LogP contribution in [0.3, 0.4) is 0 Å². The van der Waals surface area contributed by atoms with Crippen molar-refractivity contribution in [2.24, 2.45) is 0 Å². The van der Waals surface area contributed by atoms with E-state index in [-0.39, 0.29) is 5.82 Å². The average Bonchev–Trinajstić information content (AvgIpc) is 2.34. The molecule has 0 saturated carbocycles. The Bertz CT molecular complexity index is 483. The summed E-state index contributed by atoms with van der Waals surface area (Å²) in [6.45, 7) is 0.551. The van der Waals surface area contributed by atoms with Gasteiger partial charge < -0.3 is 5.32 Å². The minimum absolute atomic E-state index is 0.159. The topological polar surface area (TPSA) is 24.9 Å². The number of halogens is 1. The zero-order valence-corrected chi connectivity index (χ0v) is 9.78. The van der Waals surface area contributed by atoms with Crippen LogP contribution in [0.2, 0.25) is 0 Å². The molecule has 2 aromatic rings. The van der Waals surface area contributed by atoms with Gasteiger partial charge in [-0.25, -0.2) is 4.39 Å². The number of nitrogens with one attached hydrogen (secondary N) is 1. The fraction of sp³-hybridized carbons (Fsp3) is 0.214. The molecule has 2 rings (SSSR count). The predicted molar refractivity (Wildman–Crippen MR) is 66.2 cm³/mol. The van der Waals surface area contributed by atoms with Crippen molar-refractivity contribution in [3.05, 3.63) is 65.2 Å². The average molecular weight is 230 g/mol.